The zero-order chi connectivity index (χ0) is 8.97. The van der Waals surface area contributed by atoms with Crippen LogP contribution in [0.5, 0.6) is 0 Å². The monoisotopic (exact) mass is 233 g/mol. The van der Waals surface area contributed by atoms with Gasteiger partial charge >= 0.3 is 5.97 Å². The Bertz CT molecular complexity index is 274. The fourth-order valence-corrected chi connectivity index (χ4v) is 1.07. The van der Waals surface area contributed by atoms with Gasteiger partial charge < -0.3 is 5.11 Å². The molecule has 0 aliphatic carbocycles. The van der Waals surface area contributed by atoms with E-state index in [2.05, 4.69) is 26.0 Å². The van der Waals surface area contributed by atoms with E-state index in [0.29, 0.717) is 17.7 Å². The Hall–Kier alpha value is -0.910. The third-order valence-corrected chi connectivity index (χ3v) is 1.65. The Morgan fingerprint density at radius 2 is 2.50 bits per heavy atom. The molecule has 1 rings (SSSR count). The average molecular weight is 234 g/mol. The highest BCUT2D eigenvalue weighted by atomic mass is 79.9. The van der Waals surface area contributed by atoms with Crippen LogP contribution < -0.4 is 0 Å². The van der Waals surface area contributed by atoms with Crippen molar-refractivity contribution in [2.45, 2.75) is 19.4 Å². The lowest BCUT2D eigenvalue weighted by Gasteiger charge is -1.96. The van der Waals surface area contributed by atoms with Crippen LogP contribution in [0.25, 0.3) is 0 Å². The predicted molar refractivity (Wildman–Crippen MR) is 44.6 cm³/mol. The van der Waals surface area contributed by atoms with Crippen molar-refractivity contribution in [2.24, 2.45) is 0 Å². The topological polar surface area (TPSA) is 68.0 Å². The summed E-state index contributed by atoms with van der Waals surface area (Å²) in [5.41, 5.74) is 0. The second-order valence-corrected chi connectivity index (χ2v) is 2.98. The molecule has 1 aromatic rings. The summed E-state index contributed by atoms with van der Waals surface area (Å²) in [6, 6.07) is 0. The Balaban J connectivity index is 2.29. The standard InChI is InChI=1S/C6H8BrN3O2/c7-6-8-4-10(9-6)3-1-2-5(11)12/h4H,1-3H2,(H,11,12). The molecule has 1 heterocycles. The van der Waals surface area contributed by atoms with Gasteiger partial charge in [-0.15, -0.1) is 5.10 Å². The molecular weight excluding hydrogens is 226 g/mol. The molecule has 0 unspecified atom stereocenters. The largest absolute Gasteiger partial charge is 0.481 e. The second kappa shape index (κ2) is 4.20. The van der Waals surface area contributed by atoms with Gasteiger partial charge in [0.2, 0.25) is 4.73 Å². The molecule has 0 amide bonds. The van der Waals surface area contributed by atoms with Crippen LogP contribution in [-0.4, -0.2) is 25.8 Å². The molecule has 5 nitrogen and oxygen atoms in total. The first-order valence-electron chi connectivity index (χ1n) is 3.45. The fraction of sp³-hybridized carbons (Fsp3) is 0.500. The first kappa shape index (κ1) is 9.18. The van der Waals surface area contributed by atoms with E-state index in [1.165, 1.54) is 0 Å². The van der Waals surface area contributed by atoms with Crippen molar-refractivity contribution in [3.05, 3.63) is 11.1 Å². The van der Waals surface area contributed by atoms with Gasteiger partial charge in [-0.1, -0.05) is 0 Å². The minimum absolute atomic E-state index is 0.164. The highest BCUT2D eigenvalue weighted by Crippen LogP contribution is 2.00. The molecule has 0 saturated heterocycles. The van der Waals surface area contributed by atoms with Gasteiger partial charge in [0.1, 0.15) is 6.33 Å². The van der Waals surface area contributed by atoms with Crippen LogP contribution in [0.15, 0.2) is 11.1 Å². The number of carbonyl (C=O) groups is 1. The van der Waals surface area contributed by atoms with Crippen molar-refractivity contribution in [1.29, 1.82) is 0 Å². The summed E-state index contributed by atoms with van der Waals surface area (Å²) >= 11 is 3.09. The van der Waals surface area contributed by atoms with Gasteiger partial charge in [0, 0.05) is 13.0 Å². The number of rotatable bonds is 4. The Morgan fingerprint density at radius 1 is 1.75 bits per heavy atom. The first-order chi connectivity index (χ1) is 5.68. The van der Waals surface area contributed by atoms with Crippen LogP contribution in [0.3, 0.4) is 0 Å². The van der Waals surface area contributed by atoms with Gasteiger partial charge in [0.05, 0.1) is 0 Å². The number of hydrogen-bond donors (Lipinski definition) is 1. The SMILES string of the molecule is O=C(O)CCCn1cnc(Br)n1. The minimum Gasteiger partial charge on any atom is -0.481 e. The van der Waals surface area contributed by atoms with E-state index in [1.54, 1.807) is 11.0 Å². The molecule has 0 aromatic carbocycles. The lowest BCUT2D eigenvalue weighted by molar-refractivity contribution is -0.137. The summed E-state index contributed by atoms with van der Waals surface area (Å²) in [5.74, 6) is -0.783. The summed E-state index contributed by atoms with van der Waals surface area (Å²) in [7, 11) is 0. The molecule has 66 valence electrons. The zero-order valence-electron chi connectivity index (χ0n) is 6.27. The van der Waals surface area contributed by atoms with Gasteiger partial charge in [-0.3, -0.25) is 9.48 Å². The molecule has 0 aliphatic heterocycles. The van der Waals surface area contributed by atoms with Gasteiger partial charge in [-0.2, -0.15) is 0 Å². The maximum Gasteiger partial charge on any atom is 0.303 e. The molecule has 1 N–H and O–H groups in total. The van der Waals surface area contributed by atoms with Crippen LogP contribution in [0.4, 0.5) is 0 Å². The van der Waals surface area contributed by atoms with Crippen LogP contribution in [0.1, 0.15) is 12.8 Å². The maximum atomic E-state index is 10.1. The van der Waals surface area contributed by atoms with Crippen molar-refractivity contribution in [1.82, 2.24) is 14.8 Å². The summed E-state index contributed by atoms with van der Waals surface area (Å²) in [5, 5.41) is 12.3. The number of carboxylic acid groups (broad SMARTS) is 1. The quantitative estimate of drug-likeness (QED) is 0.840. The molecule has 0 bridgehead atoms. The van der Waals surface area contributed by atoms with Crippen molar-refractivity contribution >= 4 is 21.9 Å². The maximum absolute atomic E-state index is 10.1. The molecule has 1 aromatic heterocycles. The molecule has 0 aliphatic rings. The number of aryl methyl sites for hydroxylation is 1. The van der Waals surface area contributed by atoms with Crippen LogP contribution in [-0.2, 0) is 11.3 Å². The molecule has 0 saturated carbocycles. The van der Waals surface area contributed by atoms with E-state index >= 15 is 0 Å². The summed E-state index contributed by atoms with van der Waals surface area (Å²) in [4.78, 5) is 14.0. The number of aliphatic carboxylic acids is 1. The summed E-state index contributed by atoms with van der Waals surface area (Å²) in [6.45, 7) is 0.588. The third kappa shape index (κ3) is 3.00. The van der Waals surface area contributed by atoms with Crippen molar-refractivity contribution in [3.8, 4) is 0 Å². The zero-order valence-corrected chi connectivity index (χ0v) is 7.86. The van der Waals surface area contributed by atoms with E-state index in [1.807, 2.05) is 0 Å². The lowest BCUT2D eigenvalue weighted by atomic mass is 10.3. The predicted octanol–water partition coefficient (Wildman–Crippen LogP) is 0.905. The minimum atomic E-state index is -0.783. The van der Waals surface area contributed by atoms with E-state index in [0.717, 1.165) is 0 Å². The van der Waals surface area contributed by atoms with Crippen LogP contribution >= 0.6 is 15.9 Å². The summed E-state index contributed by atoms with van der Waals surface area (Å²) in [6.07, 6.45) is 2.30. The average Bonchev–Trinajstić information content (AvgIpc) is 2.35. The van der Waals surface area contributed by atoms with Gasteiger partial charge in [-0.25, -0.2) is 4.98 Å². The lowest BCUT2D eigenvalue weighted by Crippen LogP contribution is -2.02. The van der Waals surface area contributed by atoms with Gasteiger partial charge in [-0.05, 0) is 22.4 Å². The first-order valence-corrected chi connectivity index (χ1v) is 4.24. The van der Waals surface area contributed by atoms with Crippen molar-refractivity contribution in [3.63, 3.8) is 0 Å². The van der Waals surface area contributed by atoms with E-state index in [4.69, 9.17) is 5.11 Å². The number of hydrogen-bond acceptors (Lipinski definition) is 3. The van der Waals surface area contributed by atoms with E-state index < -0.39 is 5.97 Å². The molecular formula is C6H8BrN3O2. The molecule has 0 fully saturated rings. The van der Waals surface area contributed by atoms with Crippen molar-refractivity contribution in [2.75, 3.05) is 0 Å². The number of nitrogens with zero attached hydrogens (tertiary/aromatic N) is 3. The van der Waals surface area contributed by atoms with Crippen LogP contribution in [0.2, 0.25) is 0 Å². The molecule has 6 heteroatoms. The highest BCUT2D eigenvalue weighted by molar-refractivity contribution is 9.10. The fourth-order valence-electron chi connectivity index (χ4n) is 0.772. The Labute approximate surface area is 77.5 Å². The highest BCUT2D eigenvalue weighted by Gasteiger charge is 1.99. The number of aromatic nitrogens is 3. The molecule has 12 heavy (non-hydrogen) atoms. The van der Waals surface area contributed by atoms with Gasteiger partial charge in [0.25, 0.3) is 0 Å². The Morgan fingerprint density at radius 3 is 3.00 bits per heavy atom. The van der Waals surface area contributed by atoms with Crippen LogP contribution in [0, 0.1) is 0 Å². The second-order valence-electron chi connectivity index (χ2n) is 2.27. The third-order valence-electron chi connectivity index (χ3n) is 1.29. The number of carboxylic acids is 1. The normalized spacial score (nSPS) is 10.1. The molecule has 0 spiro atoms. The van der Waals surface area contributed by atoms with E-state index in [-0.39, 0.29) is 6.42 Å². The van der Waals surface area contributed by atoms with Crippen molar-refractivity contribution < 1.29 is 9.90 Å². The number of halogens is 1. The molecule has 0 radical (unpaired) electrons. The van der Waals surface area contributed by atoms with E-state index in [9.17, 15) is 4.79 Å². The van der Waals surface area contributed by atoms with Gasteiger partial charge in [0.15, 0.2) is 0 Å². The smallest absolute Gasteiger partial charge is 0.303 e. The summed E-state index contributed by atoms with van der Waals surface area (Å²) < 4.78 is 2.13. The Kier molecular flexibility index (Phi) is 3.21. The molecule has 0 atom stereocenters.